The Balaban J connectivity index is 1.40. The molecular formula is C23H24ClN3O4. The van der Waals surface area contributed by atoms with E-state index >= 15 is 0 Å². The number of benzene rings is 2. The average molecular weight is 442 g/mol. The van der Waals surface area contributed by atoms with Crippen LogP contribution in [0.25, 0.3) is 0 Å². The van der Waals surface area contributed by atoms with Crippen molar-refractivity contribution in [2.45, 2.75) is 31.8 Å². The van der Waals surface area contributed by atoms with Crippen LogP contribution in [-0.4, -0.2) is 52.9 Å². The Labute approximate surface area is 185 Å². The molecule has 31 heavy (non-hydrogen) atoms. The van der Waals surface area contributed by atoms with Gasteiger partial charge in [-0.15, -0.1) is 0 Å². The van der Waals surface area contributed by atoms with Gasteiger partial charge in [0.15, 0.2) is 0 Å². The van der Waals surface area contributed by atoms with Crippen LogP contribution in [0.1, 0.15) is 35.7 Å². The van der Waals surface area contributed by atoms with Gasteiger partial charge in [0.2, 0.25) is 0 Å². The van der Waals surface area contributed by atoms with Crippen molar-refractivity contribution in [3.8, 4) is 5.75 Å². The van der Waals surface area contributed by atoms with Gasteiger partial charge in [-0.1, -0.05) is 23.7 Å². The number of urea groups is 1. The molecule has 1 spiro atoms. The molecule has 0 atom stereocenters. The number of nitrogens with one attached hydrogen (secondary N) is 1. The minimum absolute atomic E-state index is 0.0901. The lowest BCUT2D eigenvalue weighted by Gasteiger charge is -2.37. The second-order valence-electron chi connectivity index (χ2n) is 7.78. The highest BCUT2D eigenvalue weighted by Gasteiger charge is 2.52. The van der Waals surface area contributed by atoms with Gasteiger partial charge in [-0.3, -0.25) is 14.5 Å². The van der Waals surface area contributed by atoms with E-state index in [2.05, 4.69) is 5.32 Å². The molecule has 2 aliphatic rings. The molecule has 0 aliphatic carbocycles. The van der Waals surface area contributed by atoms with E-state index in [9.17, 15) is 14.4 Å². The standard InChI is InChI=1S/C23H24ClN3O4/c1-2-31-19-9-5-17(6-10-19)20(28)26-13-11-23(12-14-26)21(29)27(22(30)25-23)15-16-3-7-18(24)8-4-16/h3-10H,2,11-15H2,1H3,(H,25,30). The lowest BCUT2D eigenvalue weighted by atomic mass is 9.87. The molecule has 2 aromatic carbocycles. The number of halogens is 1. The third-order valence-electron chi connectivity index (χ3n) is 5.82. The molecule has 0 saturated carbocycles. The third kappa shape index (κ3) is 4.23. The second-order valence-corrected chi connectivity index (χ2v) is 8.22. The number of piperidine rings is 1. The van der Waals surface area contributed by atoms with E-state index in [1.165, 1.54) is 4.90 Å². The van der Waals surface area contributed by atoms with Crippen molar-refractivity contribution in [1.82, 2.24) is 15.1 Å². The zero-order valence-corrected chi connectivity index (χ0v) is 18.0. The maximum atomic E-state index is 13.1. The molecule has 2 saturated heterocycles. The number of ether oxygens (including phenoxy) is 1. The van der Waals surface area contributed by atoms with Crippen molar-refractivity contribution in [2.24, 2.45) is 0 Å². The van der Waals surface area contributed by atoms with Crippen LogP contribution in [0.5, 0.6) is 5.75 Å². The number of carbonyl (C=O) groups is 3. The van der Waals surface area contributed by atoms with Crippen molar-refractivity contribution < 1.29 is 19.1 Å². The van der Waals surface area contributed by atoms with Gasteiger partial charge in [-0.2, -0.15) is 0 Å². The van der Waals surface area contributed by atoms with Crippen LogP contribution in [0.2, 0.25) is 5.02 Å². The average Bonchev–Trinajstić information content (AvgIpc) is 3.00. The molecule has 0 bridgehead atoms. The summed E-state index contributed by atoms with van der Waals surface area (Å²) < 4.78 is 5.42. The van der Waals surface area contributed by atoms with Crippen LogP contribution in [0.3, 0.4) is 0 Å². The van der Waals surface area contributed by atoms with Gasteiger partial charge in [0.05, 0.1) is 13.2 Å². The van der Waals surface area contributed by atoms with Gasteiger partial charge in [-0.05, 0) is 61.7 Å². The van der Waals surface area contributed by atoms with Crippen molar-refractivity contribution >= 4 is 29.4 Å². The molecule has 2 aromatic rings. The van der Waals surface area contributed by atoms with Crippen molar-refractivity contribution in [3.05, 3.63) is 64.7 Å². The highest BCUT2D eigenvalue weighted by atomic mass is 35.5. The first-order valence-corrected chi connectivity index (χ1v) is 10.7. The summed E-state index contributed by atoms with van der Waals surface area (Å²) in [5, 5.41) is 3.48. The topological polar surface area (TPSA) is 79.0 Å². The fourth-order valence-electron chi connectivity index (χ4n) is 4.07. The van der Waals surface area contributed by atoms with Gasteiger partial charge in [-0.25, -0.2) is 4.79 Å². The normalized spacial score (nSPS) is 17.7. The summed E-state index contributed by atoms with van der Waals surface area (Å²) in [4.78, 5) is 41.4. The molecule has 2 heterocycles. The summed E-state index contributed by atoms with van der Waals surface area (Å²) >= 11 is 5.91. The summed E-state index contributed by atoms with van der Waals surface area (Å²) in [5.74, 6) is 0.394. The third-order valence-corrected chi connectivity index (χ3v) is 6.07. The van der Waals surface area contributed by atoms with Crippen molar-refractivity contribution in [2.75, 3.05) is 19.7 Å². The van der Waals surface area contributed by atoms with Crippen LogP contribution < -0.4 is 10.1 Å². The molecule has 8 heteroatoms. The SMILES string of the molecule is CCOc1ccc(C(=O)N2CCC3(CC2)NC(=O)N(Cc2ccc(Cl)cc2)C3=O)cc1. The van der Waals surface area contributed by atoms with E-state index in [-0.39, 0.29) is 18.4 Å². The maximum absolute atomic E-state index is 13.1. The second kappa shape index (κ2) is 8.59. The summed E-state index contributed by atoms with van der Waals surface area (Å²) in [6.07, 6.45) is 0.773. The van der Waals surface area contributed by atoms with Gasteiger partial charge in [0.1, 0.15) is 11.3 Å². The Kier molecular flexibility index (Phi) is 5.87. The molecule has 2 aliphatic heterocycles. The van der Waals surface area contributed by atoms with Crippen LogP contribution in [0.4, 0.5) is 4.79 Å². The largest absolute Gasteiger partial charge is 0.494 e. The monoisotopic (exact) mass is 441 g/mol. The first-order valence-electron chi connectivity index (χ1n) is 10.3. The number of rotatable bonds is 5. The number of imide groups is 1. The fourth-order valence-corrected chi connectivity index (χ4v) is 4.19. The summed E-state index contributed by atoms with van der Waals surface area (Å²) in [6, 6.07) is 13.7. The molecule has 4 amide bonds. The number of likely N-dealkylation sites (tertiary alicyclic amines) is 1. The number of hydrogen-bond donors (Lipinski definition) is 1. The van der Waals surface area contributed by atoms with Crippen LogP contribution in [0.15, 0.2) is 48.5 Å². The van der Waals surface area contributed by atoms with Crippen molar-refractivity contribution in [1.29, 1.82) is 0 Å². The zero-order chi connectivity index (χ0) is 22.0. The number of nitrogens with zero attached hydrogens (tertiary/aromatic N) is 2. The number of carbonyl (C=O) groups excluding carboxylic acids is 3. The van der Waals surface area contributed by atoms with E-state index in [1.54, 1.807) is 53.4 Å². The molecule has 0 aromatic heterocycles. The molecule has 2 fully saturated rings. The predicted molar refractivity (Wildman–Crippen MR) is 116 cm³/mol. The molecule has 4 rings (SSSR count). The van der Waals surface area contributed by atoms with Gasteiger partial charge in [0, 0.05) is 23.7 Å². The molecule has 0 radical (unpaired) electrons. The summed E-state index contributed by atoms with van der Waals surface area (Å²) in [7, 11) is 0. The maximum Gasteiger partial charge on any atom is 0.325 e. The first kappa shape index (κ1) is 21.2. The lowest BCUT2D eigenvalue weighted by Crippen LogP contribution is -2.55. The van der Waals surface area contributed by atoms with Gasteiger partial charge < -0.3 is 15.0 Å². The first-order chi connectivity index (χ1) is 14.9. The van der Waals surface area contributed by atoms with E-state index in [1.807, 2.05) is 6.92 Å². The van der Waals surface area contributed by atoms with E-state index in [0.29, 0.717) is 43.1 Å². The number of amides is 4. The lowest BCUT2D eigenvalue weighted by molar-refractivity contribution is -0.133. The smallest absolute Gasteiger partial charge is 0.325 e. The van der Waals surface area contributed by atoms with E-state index < -0.39 is 11.6 Å². The van der Waals surface area contributed by atoms with Crippen LogP contribution >= 0.6 is 11.6 Å². The Morgan fingerprint density at radius 1 is 1.06 bits per heavy atom. The fraction of sp³-hybridized carbons (Fsp3) is 0.348. The highest BCUT2D eigenvalue weighted by Crippen LogP contribution is 2.31. The molecule has 162 valence electrons. The van der Waals surface area contributed by atoms with Gasteiger partial charge >= 0.3 is 6.03 Å². The molecular weight excluding hydrogens is 418 g/mol. The molecule has 1 N–H and O–H groups in total. The van der Waals surface area contributed by atoms with Crippen LogP contribution in [-0.2, 0) is 11.3 Å². The van der Waals surface area contributed by atoms with Gasteiger partial charge in [0.25, 0.3) is 11.8 Å². The Morgan fingerprint density at radius 2 is 1.71 bits per heavy atom. The highest BCUT2D eigenvalue weighted by molar-refractivity contribution is 6.30. The Hall–Kier alpha value is -3.06. The summed E-state index contributed by atoms with van der Waals surface area (Å²) in [6.45, 7) is 3.46. The predicted octanol–water partition coefficient (Wildman–Crippen LogP) is 3.47. The van der Waals surface area contributed by atoms with Crippen molar-refractivity contribution in [3.63, 3.8) is 0 Å². The quantitative estimate of drug-likeness (QED) is 0.720. The number of hydrogen-bond acceptors (Lipinski definition) is 4. The molecule has 7 nitrogen and oxygen atoms in total. The Morgan fingerprint density at radius 3 is 2.32 bits per heavy atom. The van der Waals surface area contributed by atoms with E-state index in [0.717, 1.165) is 11.3 Å². The zero-order valence-electron chi connectivity index (χ0n) is 17.3. The summed E-state index contributed by atoms with van der Waals surface area (Å²) in [5.41, 5.74) is 0.456. The minimum atomic E-state index is -0.945. The molecule has 0 unspecified atom stereocenters. The minimum Gasteiger partial charge on any atom is -0.494 e. The Bertz CT molecular complexity index is 983. The van der Waals surface area contributed by atoms with Crippen LogP contribution in [0, 0.1) is 0 Å². The van der Waals surface area contributed by atoms with E-state index in [4.69, 9.17) is 16.3 Å².